The third-order valence-corrected chi connectivity index (χ3v) is 5.19. The number of anilines is 1. The summed E-state index contributed by atoms with van der Waals surface area (Å²) < 4.78 is 4.76. The topological polar surface area (TPSA) is 119 Å². The van der Waals surface area contributed by atoms with Gasteiger partial charge in [-0.1, -0.05) is 19.8 Å². The Morgan fingerprint density at radius 2 is 2.12 bits per heavy atom. The number of rotatable bonds is 8. The number of hydrogen-bond donors (Lipinski definition) is 3. The molecular formula is C16H22N2O5S. The number of amides is 2. The Labute approximate surface area is 144 Å². The average Bonchev–Trinajstić information content (AvgIpc) is 2.84. The van der Waals surface area contributed by atoms with Gasteiger partial charge >= 0.3 is 5.97 Å². The molecule has 8 heteroatoms. The molecule has 0 bridgehead atoms. The molecule has 2 rings (SSSR count). The van der Waals surface area contributed by atoms with Crippen molar-refractivity contribution in [3.8, 4) is 0 Å². The van der Waals surface area contributed by atoms with Crippen molar-refractivity contribution in [3.63, 3.8) is 0 Å². The zero-order chi connectivity index (χ0) is 17.7. The summed E-state index contributed by atoms with van der Waals surface area (Å²) in [7, 11) is 0. The van der Waals surface area contributed by atoms with Crippen molar-refractivity contribution >= 4 is 34.1 Å². The van der Waals surface area contributed by atoms with E-state index in [1.807, 2.05) is 0 Å². The third-order valence-electron chi connectivity index (χ3n) is 4.02. The van der Waals surface area contributed by atoms with Crippen LogP contribution in [0.3, 0.4) is 0 Å². The fourth-order valence-corrected chi connectivity index (χ4v) is 4.43. The summed E-state index contributed by atoms with van der Waals surface area (Å²) in [4.78, 5) is 35.2. The van der Waals surface area contributed by atoms with E-state index < -0.39 is 24.4 Å². The Hall–Kier alpha value is -1.93. The smallest absolute Gasteiger partial charge is 0.329 e. The van der Waals surface area contributed by atoms with Crippen LogP contribution in [0.1, 0.15) is 47.0 Å². The van der Waals surface area contributed by atoms with Crippen molar-refractivity contribution in [3.05, 3.63) is 16.0 Å². The van der Waals surface area contributed by atoms with Crippen molar-refractivity contribution in [2.24, 2.45) is 11.7 Å². The average molecular weight is 354 g/mol. The molecule has 1 aliphatic rings. The van der Waals surface area contributed by atoms with Gasteiger partial charge in [0.2, 0.25) is 0 Å². The van der Waals surface area contributed by atoms with E-state index in [0.717, 1.165) is 42.5 Å². The van der Waals surface area contributed by atoms with Crippen molar-refractivity contribution in [1.82, 2.24) is 0 Å². The molecule has 7 nitrogen and oxygen atoms in total. The number of nitrogens with one attached hydrogen (secondary N) is 1. The predicted octanol–water partition coefficient (Wildman–Crippen LogP) is 1.79. The molecule has 2 amide bonds. The summed E-state index contributed by atoms with van der Waals surface area (Å²) in [5, 5.41) is 11.6. The Kier molecular flexibility index (Phi) is 6.33. The fourth-order valence-electron chi connectivity index (χ4n) is 3.05. The maximum absolute atomic E-state index is 11.9. The molecule has 1 aromatic heterocycles. The normalized spacial score (nSPS) is 16.5. The van der Waals surface area contributed by atoms with Gasteiger partial charge in [0.1, 0.15) is 18.2 Å². The van der Waals surface area contributed by atoms with Crippen LogP contribution in [0, 0.1) is 5.92 Å². The van der Waals surface area contributed by atoms with Crippen LogP contribution in [0.25, 0.3) is 0 Å². The molecule has 1 heterocycles. The molecule has 0 saturated carbocycles. The number of primary amides is 1. The summed E-state index contributed by atoms with van der Waals surface area (Å²) >= 11 is 1.38. The lowest BCUT2D eigenvalue weighted by Crippen LogP contribution is -2.23. The van der Waals surface area contributed by atoms with Crippen molar-refractivity contribution in [1.29, 1.82) is 0 Å². The highest BCUT2D eigenvalue weighted by Crippen LogP contribution is 2.40. The molecule has 0 aromatic carbocycles. The van der Waals surface area contributed by atoms with E-state index in [9.17, 15) is 14.4 Å². The molecule has 132 valence electrons. The zero-order valence-corrected chi connectivity index (χ0v) is 14.4. The van der Waals surface area contributed by atoms with E-state index >= 15 is 0 Å². The summed E-state index contributed by atoms with van der Waals surface area (Å²) in [6.45, 7) is 1.23. The molecule has 1 aliphatic carbocycles. The third kappa shape index (κ3) is 4.55. The number of thiophene rings is 1. The minimum atomic E-state index is -1.14. The monoisotopic (exact) mass is 354 g/mol. The van der Waals surface area contributed by atoms with Gasteiger partial charge < -0.3 is 20.9 Å². The maximum atomic E-state index is 11.9. The van der Waals surface area contributed by atoms with Crippen LogP contribution in [0.15, 0.2) is 0 Å². The number of fused-ring (bicyclic) bond motifs is 1. The maximum Gasteiger partial charge on any atom is 0.329 e. The first kappa shape index (κ1) is 18.4. The van der Waals surface area contributed by atoms with Crippen LogP contribution in [-0.2, 0) is 27.2 Å². The highest BCUT2D eigenvalue weighted by molar-refractivity contribution is 7.17. The minimum Gasteiger partial charge on any atom is -0.480 e. The van der Waals surface area contributed by atoms with Crippen LogP contribution in [0.5, 0.6) is 0 Å². The van der Waals surface area contributed by atoms with Crippen LogP contribution >= 0.6 is 11.3 Å². The molecule has 0 aliphatic heterocycles. The number of carboxylic acids is 1. The van der Waals surface area contributed by atoms with Crippen molar-refractivity contribution in [2.45, 2.75) is 39.0 Å². The number of aliphatic carboxylic acids is 1. The van der Waals surface area contributed by atoms with Gasteiger partial charge in [-0.3, -0.25) is 9.59 Å². The van der Waals surface area contributed by atoms with Gasteiger partial charge in [-0.25, -0.2) is 4.79 Å². The van der Waals surface area contributed by atoms with E-state index in [-0.39, 0.29) is 6.61 Å². The Bertz CT molecular complexity index is 641. The number of carboxylic acid groups (broad SMARTS) is 1. The first-order chi connectivity index (χ1) is 11.4. The zero-order valence-electron chi connectivity index (χ0n) is 13.6. The van der Waals surface area contributed by atoms with Gasteiger partial charge in [-0.05, 0) is 30.7 Å². The number of nitrogens with two attached hydrogens (primary N) is 1. The van der Waals surface area contributed by atoms with E-state index in [2.05, 4.69) is 12.2 Å². The molecule has 0 spiro atoms. The van der Waals surface area contributed by atoms with Gasteiger partial charge in [0.05, 0.1) is 5.56 Å². The van der Waals surface area contributed by atoms with E-state index in [0.29, 0.717) is 16.5 Å². The van der Waals surface area contributed by atoms with Crippen LogP contribution in [-0.4, -0.2) is 36.1 Å². The van der Waals surface area contributed by atoms with Crippen LogP contribution in [0.2, 0.25) is 0 Å². The molecule has 0 unspecified atom stereocenters. The van der Waals surface area contributed by atoms with E-state index in [4.69, 9.17) is 15.6 Å². The number of carbonyl (C=O) groups excluding carboxylic acids is 2. The summed E-state index contributed by atoms with van der Waals surface area (Å²) in [6.07, 6.45) is 4.99. The Balaban J connectivity index is 2.11. The standard InChI is InChI=1S/C16H22N2O5S/c1-2-3-9-4-5-10-11(6-9)24-16(14(10)15(17)22)18-12(19)7-23-8-13(20)21/h9H,2-8H2,1H3,(H2,17,22)(H,18,19)(H,20,21)/t9-/m1/s1. The first-order valence-electron chi connectivity index (χ1n) is 7.96. The quantitative estimate of drug-likeness (QED) is 0.657. The first-order valence-corrected chi connectivity index (χ1v) is 8.77. The molecule has 0 saturated heterocycles. The van der Waals surface area contributed by atoms with E-state index in [1.54, 1.807) is 0 Å². The molecular weight excluding hydrogens is 332 g/mol. The predicted molar refractivity (Wildman–Crippen MR) is 90.3 cm³/mol. The van der Waals surface area contributed by atoms with Gasteiger partial charge in [0.25, 0.3) is 11.8 Å². The molecule has 1 aromatic rings. The fraction of sp³-hybridized carbons (Fsp3) is 0.562. The van der Waals surface area contributed by atoms with Crippen molar-refractivity contribution in [2.75, 3.05) is 18.5 Å². The van der Waals surface area contributed by atoms with Gasteiger partial charge in [-0.2, -0.15) is 0 Å². The van der Waals surface area contributed by atoms with Crippen molar-refractivity contribution < 1.29 is 24.2 Å². The minimum absolute atomic E-state index is 0.383. The second kappa shape index (κ2) is 8.25. The summed E-state index contributed by atoms with van der Waals surface area (Å²) in [5.74, 6) is -1.59. The van der Waals surface area contributed by atoms with Gasteiger partial charge in [-0.15, -0.1) is 11.3 Å². The highest BCUT2D eigenvalue weighted by Gasteiger charge is 2.28. The van der Waals surface area contributed by atoms with Gasteiger partial charge in [0, 0.05) is 4.88 Å². The lowest BCUT2D eigenvalue weighted by molar-refractivity contribution is -0.143. The Morgan fingerprint density at radius 3 is 2.75 bits per heavy atom. The number of hydrogen-bond acceptors (Lipinski definition) is 5. The lowest BCUT2D eigenvalue weighted by Gasteiger charge is -2.21. The van der Waals surface area contributed by atoms with Gasteiger partial charge in [0.15, 0.2) is 0 Å². The molecule has 4 N–H and O–H groups in total. The largest absolute Gasteiger partial charge is 0.480 e. The summed E-state index contributed by atoms with van der Waals surface area (Å²) in [5.41, 5.74) is 6.83. The second-order valence-electron chi connectivity index (χ2n) is 5.90. The Morgan fingerprint density at radius 1 is 1.38 bits per heavy atom. The second-order valence-corrected chi connectivity index (χ2v) is 7.01. The lowest BCUT2D eigenvalue weighted by atomic mass is 9.84. The highest BCUT2D eigenvalue weighted by atomic mass is 32.1. The van der Waals surface area contributed by atoms with E-state index in [1.165, 1.54) is 11.3 Å². The molecule has 0 radical (unpaired) electrons. The van der Waals surface area contributed by atoms with Crippen LogP contribution in [0.4, 0.5) is 5.00 Å². The number of carbonyl (C=O) groups is 3. The molecule has 0 fully saturated rings. The summed E-state index contributed by atoms with van der Waals surface area (Å²) in [6, 6.07) is 0. The molecule has 24 heavy (non-hydrogen) atoms. The number of ether oxygens (including phenoxy) is 1. The van der Waals surface area contributed by atoms with Crippen LogP contribution < -0.4 is 11.1 Å². The molecule has 1 atom stereocenters. The SMILES string of the molecule is CCC[C@@H]1CCc2c(sc(NC(=O)COCC(=O)O)c2C(N)=O)C1.